The van der Waals surface area contributed by atoms with E-state index in [1.54, 1.807) is 6.92 Å². The predicted molar refractivity (Wildman–Crippen MR) is 73.2 cm³/mol. The molecule has 3 heteroatoms. The molecule has 0 N–H and O–H groups in total. The highest BCUT2D eigenvalue weighted by Crippen LogP contribution is 2.22. The van der Waals surface area contributed by atoms with Crippen molar-refractivity contribution >= 4 is 11.8 Å². The van der Waals surface area contributed by atoms with E-state index in [2.05, 4.69) is 0 Å². The molecule has 0 bridgehead atoms. The van der Waals surface area contributed by atoms with Crippen molar-refractivity contribution < 1.29 is 14.3 Å². The Morgan fingerprint density at radius 3 is 2.63 bits per heavy atom. The van der Waals surface area contributed by atoms with Gasteiger partial charge in [-0.05, 0) is 55.9 Å². The number of rotatable bonds is 4. The summed E-state index contributed by atoms with van der Waals surface area (Å²) in [6.45, 7) is 2.05. The van der Waals surface area contributed by atoms with Crippen LogP contribution < -0.4 is 0 Å². The maximum Gasteiger partial charge on any atom is 0.330 e. The second-order valence-corrected chi connectivity index (χ2v) is 4.64. The molecular formula is C16H18O3. The van der Waals surface area contributed by atoms with Crippen LogP contribution in [0.3, 0.4) is 0 Å². The number of allylic oxidation sites excluding steroid dienone is 1. The van der Waals surface area contributed by atoms with Crippen LogP contribution in [0.2, 0.25) is 0 Å². The van der Waals surface area contributed by atoms with Crippen LogP contribution in [0.25, 0.3) is 0 Å². The monoisotopic (exact) mass is 258 g/mol. The number of carbonyl (C=O) groups is 2. The Labute approximate surface area is 113 Å². The standard InChI is InChI=1S/C16H18O3/c1-2-19-16(18)10-9-15(17)14-8-7-12-5-3-4-6-13(12)11-14/h7-11H,2-6H2,1H3/b10-9+. The normalized spacial score (nSPS) is 14.2. The zero-order valence-electron chi connectivity index (χ0n) is 11.1. The van der Waals surface area contributed by atoms with Gasteiger partial charge in [-0.2, -0.15) is 0 Å². The lowest BCUT2D eigenvalue weighted by atomic mass is 9.90. The Balaban J connectivity index is 2.09. The van der Waals surface area contributed by atoms with Crippen LogP contribution in [-0.4, -0.2) is 18.4 Å². The van der Waals surface area contributed by atoms with Gasteiger partial charge in [0.15, 0.2) is 5.78 Å². The fourth-order valence-corrected chi connectivity index (χ4v) is 2.32. The molecule has 0 heterocycles. The summed E-state index contributed by atoms with van der Waals surface area (Å²) in [5.41, 5.74) is 3.25. The van der Waals surface area contributed by atoms with Crippen molar-refractivity contribution in [3.8, 4) is 0 Å². The molecule has 2 rings (SSSR count). The number of esters is 1. The molecular weight excluding hydrogens is 240 g/mol. The second-order valence-electron chi connectivity index (χ2n) is 4.64. The van der Waals surface area contributed by atoms with Crippen LogP contribution in [-0.2, 0) is 22.4 Å². The first-order chi connectivity index (χ1) is 9.20. The molecule has 1 aliphatic carbocycles. The van der Waals surface area contributed by atoms with E-state index in [9.17, 15) is 9.59 Å². The third-order valence-corrected chi connectivity index (χ3v) is 3.29. The number of ether oxygens (including phenoxy) is 1. The highest BCUT2D eigenvalue weighted by Gasteiger charge is 2.11. The highest BCUT2D eigenvalue weighted by atomic mass is 16.5. The van der Waals surface area contributed by atoms with Crippen LogP contribution in [0.15, 0.2) is 30.4 Å². The van der Waals surface area contributed by atoms with Crippen LogP contribution in [0.4, 0.5) is 0 Å². The van der Waals surface area contributed by atoms with Crippen LogP contribution >= 0.6 is 0 Å². The first kappa shape index (κ1) is 13.5. The Morgan fingerprint density at radius 2 is 1.89 bits per heavy atom. The van der Waals surface area contributed by atoms with Gasteiger partial charge in [-0.3, -0.25) is 4.79 Å². The summed E-state index contributed by atoms with van der Waals surface area (Å²) in [5.74, 6) is -0.629. The zero-order valence-corrected chi connectivity index (χ0v) is 11.1. The number of benzene rings is 1. The summed E-state index contributed by atoms with van der Waals surface area (Å²) in [7, 11) is 0. The molecule has 0 unspecified atom stereocenters. The molecule has 1 aromatic carbocycles. The SMILES string of the molecule is CCOC(=O)/C=C/C(=O)c1ccc2c(c1)CCCC2. The summed E-state index contributed by atoms with van der Waals surface area (Å²) in [4.78, 5) is 23.1. The molecule has 100 valence electrons. The van der Waals surface area contributed by atoms with Crippen LogP contribution in [0.5, 0.6) is 0 Å². The van der Waals surface area contributed by atoms with Crippen molar-refractivity contribution in [2.24, 2.45) is 0 Å². The van der Waals surface area contributed by atoms with E-state index in [1.165, 1.54) is 36.1 Å². The topological polar surface area (TPSA) is 43.4 Å². The number of carbonyl (C=O) groups excluding carboxylic acids is 2. The average molecular weight is 258 g/mol. The van der Waals surface area contributed by atoms with E-state index in [-0.39, 0.29) is 5.78 Å². The fourth-order valence-electron chi connectivity index (χ4n) is 2.32. The fraction of sp³-hybridized carbons (Fsp3) is 0.375. The molecule has 0 saturated heterocycles. The molecule has 0 aromatic heterocycles. The molecule has 19 heavy (non-hydrogen) atoms. The first-order valence-corrected chi connectivity index (χ1v) is 6.71. The molecule has 0 atom stereocenters. The van der Waals surface area contributed by atoms with Crippen molar-refractivity contribution in [1.82, 2.24) is 0 Å². The van der Waals surface area contributed by atoms with Crippen molar-refractivity contribution in [3.05, 3.63) is 47.0 Å². The Hall–Kier alpha value is -1.90. The van der Waals surface area contributed by atoms with Crippen LogP contribution in [0, 0.1) is 0 Å². The number of hydrogen-bond donors (Lipinski definition) is 0. The van der Waals surface area contributed by atoms with Gasteiger partial charge in [-0.15, -0.1) is 0 Å². The highest BCUT2D eigenvalue weighted by molar-refractivity contribution is 6.07. The minimum absolute atomic E-state index is 0.151. The van der Waals surface area contributed by atoms with E-state index < -0.39 is 5.97 Å². The number of aryl methyl sites for hydroxylation is 2. The maximum absolute atomic E-state index is 11.9. The summed E-state index contributed by atoms with van der Waals surface area (Å²) in [6, 6.07) is 5.81. The van der Waals surface area contributed by atoms with Gasteiger partial charge in [0, 0.05) is 11.6 Å². The molecule has 0 spiro atoms. The Bertz CT molecular complexity index is 515. The van der Waals surface area contributed by atoms with E-state index in [4.69, 9.17) is 4.74 Å². The van der Waals surface area contributed by atoms with E-state index >= 15 is 0 Å². The lowest BCUT2D eigenvalue weighted by Gasteiger charge is -2.15. The smallest absolute Gasteiger partial charge is 0.330 e. The van der Waals surface area contributed by atoms with Gasteiger partial charge >= 0.3 is 5.97 Å². The van der Waals surface area contributed by atoms with E-state index in [1.807, 2.05) is 18.2 Å². The van der Waals surface area contributed by atoms with Crippen molar-refractivity contribution in [3.63, 3.8) is 0 Å². The van der Waals surface area contributed by atoms with Crippen molar-refractivity contribution in [1.29, 1.82) is 0 Å². The van der Waals surface area contributed by atoms with Gasteiger partial charge in [0.1, 0.15) is 0 Å². The van der Waals surface area contributed by atoms with E-state index in [0.29, 0.717) is 12.2 Å². The van der Waals surface area contributed by atoms with Gasteiger partial charge in [0.05, 0.1) is 6.61 Å². The largest absolute Gasteiger partial charge is 0.463 e. The van der Waals surface area contributed by atoms with Crippen molar-refractivity contribution in [2.75, 3.05) is 6.61 Å². The second kappa shape index (κ2) is 6.32. The van der Waals surface area contributed by atoms with Crippen molar-refractivity contribution in [2.45, 2.75) is 32.6 Å². The Kier molecular flexibility index (Phi) is 4.50. The van der Waals surface area contributed by atoms with Gasteiger partial charge in [0.25, 0.3) is 0 Å². The summed E-state index contributed by atoms with van der Waals surface area (Å²) in [5, 5.41) is 0. The molecule has 0 saturated carbocycles. The number of ketones is 1. The minimum atomic E-state index is -0.478. The number of fused-ring (bicyclic) bond motifs is 1. The summed E-state index contributed by atoms with van der Waals surface area (Å²) in [6.07, 6.45) is 7.01. The lowest BCUT2D eigenvalue weighted by Crippen LogP contribution is -2.06. The molecule has 3 nitrogen and oxygen atoms in total. The molecule has 0 amide bonds. The van der Waals surface area contributed by atoms with Gasteiger partial charge in [-0.1, -0.05) is 12.1 Å². The minimum Gasteiger partial charge on any atom is -0.463 e. The average Bonchev–Trinajstić information content (AvgIpc) is 2.44. The third kappa shape index (κ3) is 3.53. The molecule has 0 radical (unpaired) electrons. The first-order valence-electron chi connectivity index (χ1n) is 6.71. The van der Waals surface area contributed by atoms with Gasteiger partial charge in [0.2, 0.25) is 0 Å². The number of hydrogen-bond acceptors (Lipinski definition) is 3. The third-order valence-electron chi connectivity index (χ3n) is 3.29. The summed E-state index contributed by atoms with van der Waals surface area (Å²) >= 11 is 0. The van der Waals surface area contributed by atoms with Gasteiger partial charge in [-0.25, -0.2) is 4.79 Å². The van der Waals surface area contributed by atoms with Gasteiger partial charge < -0.3 is 4.74 Å². The zero-order chi connectivity index (χ0) is 13.7. The molecule has 1 aliphatic rings. The molecule has 0 fully saturated rings. The Morgan fingerprint density at radius 1 is 1.16 bits per heavy atom. The quantitative estimate of drug-likeness (QED) is 0.474. The molecule has 1 aromatic rings. The lowest BCUT2D eigenvalue weighted by molar-refractivity contribution is -0.137. The predicted octanol–water partition coefficient (Wildman–Crippen LogP) is 2.87. The maximum atomic E-state index is 11.9. The van der Waals surface area contributed by atoms with E-state index in [0.717, 1.165) is 12.8 Å². The summed E-state index contributed by atoms with van der Waals surface area (Å²) < 4.78 is 4.74. The molecule has 0 aliphatic heterocycles. The van der Waals surface area contributed by atoms with Crippen LogP contribution in [0.1, 0.15) is 41.3 Å².